The third kappa shape index (κ3) is 16.2. The van der Waals surface area contributed by atoms with E-state index in [1.807, 2.05) is 0 Å². The van der Waals surface area contributed by atoms with Crippen molar-refractivity contribution in [1.82, 2.24) is 0 Å². The molecule has 0 aromatic heterocycles. The third-order valence-corrected chi connectivity index (χ3v) is 4.58. The van der Waals surface area contributed by atoms with Gasteiger partial charge in [0.1, 0.15) is 0 Å². The summed E-state index contributed by atoms with van der Waals surface area (Å²) in [5, 5.41) is 0. The van der Waals surface area contributed by atoms with Crippen LogP contribution in [0, 0.1) is 11.3 Å². The molecule has 0 aliphatic heterocycles. The maximum atomic E-state index is 2.41. The molecule has 0 amide bonds. The van der Waals surface area contributed by atoms with Gasteiger partial charge in [-0.15, -0.1) is 0 Å². The van der Waals surface area contributed by atoms with Crippen LogP contribution in [0.3, 0.4) is 0 Å². The van der Waals surface area contributed by atoms with E-state index < -0.39 is 0 Å². The molecule has 0 heterocycles. The third-order valence-electron chi connectivity index (χ3n) is 4.58. The van der Waals surface area contributed by atoms with E-state index in [0.717, 1.165) is 5.92 Å². The highest BCUT2D eigenvalue weighted by molar-refractivity contribution is 4.70. The van der Waals surface area contributed by atoms with Crippen LogP contribution in [0.5, 0.6) is 0 Å². The molecule has 0 heteroatoms. The molecule has 1 unspecified atom stereocenters. The van der Waals surface area contributed by atoms with Gasteiger partial charge in [0.25, 0.3) is 0 Å². The van der Waals surface area contributed by atoms with Gasteiger partial charge in [-0.3, -0.25) is 0 Å². The minimum Gasteiger partial charge on any atom is -0.0654 e. The van der Waals surface area contributed by atoms with E-state index in [-0.39, 0.29) is 0 Å². The fraction of sp³-hybridized carbons (Fsp3) is 1.00. The summed E-state index contributed by atoms with van der Waals surface area (Å²) in [7, 11) is 0. The van der Waals surface area contributed by atoms with Gasteiger partial charge in [0.15, 0.2) is 0 Å². The van der Waals surface area contributed by atoms with Crippen LogP contribution in [-0.2, 0) is 0 Å². The SMILES string of the molecule is CCCCCCCCCC(CCCCCC)CC(C)(C)C. The Labute approximate surface area is 136 Å². The zero-order valence-electron chi connectivity index (χ0n) is 16.0. The first kappa shape index (κ1) is 21.0. The maximum absolute atomic E-state index is 2.41. The standard InChI is InChI=1S/C21H44/c1-6-8-10-12-13-14-16-18-20(19-21(3,4)5)17-15-11-9-7-2/h20H,6-19H2,1-5H3. The van der Waals surface area contributed by atoms with Crippen molar-refractivity contribution in [2.45, 2.75) is 125 Å². The molecule has 0 rings (SSSR count). The number of rotatable bonds is 14. The first-order valence-corrected chi connectivity index (χ1v) is 9.99. The molecule has 0 aromatic carbocycles. The van der Waals surface area contributed by atoms with Crippen molar-refractivity contribution < 1.29 is 0 Å². The molecule has 0 radical (unpaired) electrons. The quantitative estimate of drug-likeness (QED) is 0.284. The normalized spacial score (nSPS) is 13.6. The second kappa shape index (κ2) is 13.6. The minimum atomic E-state index is 0.510. The van der Waals surface area contributed by atoms with Gasteiger partial charge in [0.05, 0.1) is 0 Å². The lowest BCUT2D eigenvalue weighted by Gasteiger charge is -2.26. The molecule has 0 aliphatic rings. The molecule has 0 saturated heterocycles. The Morgan fingerprint density at radius 2 is 0.952 bits per heavy atom. The fourth-order valence-electron chi connectivity index (χ4n) is 3.46. The van der Waals surface area contributed by atoms with Crippen molar-refractivity contribution in [3.8, 4) is 0 Å². The lowest BCUT2D eigenvalue weighted by atomic mass is 9.80. The molecule has 0 nitrogen and oxygen atoms in total. The summed E-state index contributed by atoms with van der Waals surface area (Å²) >= 11 is 0. The first-order valence-electron chi connectivity index (χ1n) is 9.99. The average molecular weight is 297 g/mol. The monoisotopic (exact) mass is 296 g/mol. The van der Waals surface area contributed by atoms with Crippen molar-refractivity contribution in [3.05, 3.63) is 0 Å². The molecule has 0 aliphatic carbocycles. The molecular formula is C21H44. The summed E-state index contributed by atoms with van der Waals surface area (Å²) in [4.78, 5) is 0. The zero-order valence-corrected chi connectivity index (χ0v) is 16.0. The summed E-state index contributed by atoms with van der Waals surface area (Å²) in [5.74, 6) is 0.984. The topological polar surface area (TPSA) is 0 Å². The van der Waals surface area contributed by atoms with E-state index in [9.17, 15) is 0 Å². The molecule has 21 heavy (non-hydrogen) atoms. The Morgan fingerprint density at radius 1 is 0.571 bits per heavy atom. The first-order chi connectivity index (χ1) is 9.99. The van der Waals surface area contributed by atoms with Gasteiger partial charge in [-0.1, -0.05) is 118 Å². The maximum Gasteiger partial charge on any atom is -0.0380 e. The van der Waals surface area contributed by atoms with Crippen LogP contribution >= 0.6 is 0 Å². The van der Waals surface area contributed by atoms with E-state index in [1.54, 1.807) is 0 Å². The second-order valence-electron chi connectivity index (χ2n) is 8.39. The Morgan fingerprint density at radius 3 is 1.38 bits per heavy atom. The Bertz CT molecular complexity index is 199. The van der Waals surface area contributed by atoms with E-state index in [4.69, 9.17) is 0 Å². The van der Waals surface area contributed by atoms with Crippen molar-refractivity contribution >= 4 is 0 Å². The molecule has 0 fully saturated rings. The fourth-order valence-corrected chi connectivity index (χ4v) is 3.46. The average Bonchev–Trinajstić information content (AvgIpc) is 2.40. The van der Waals surface area contributed by atoms with Gasteiger partial charge in [0, 0.05) is 0 Å². The predicted octanol–water partition coefficient (Wildman–Crippen LogP) is 8.15. The van der Waals surface area contributed by atoms with Crippen LogP contribution in [0.15, 0.2) is 0 Å². The molecule has 0 saturated carbocycles. The summed E-state index contributed by atoms with van der Waals surface area (Å²) in [6.45, 7) is 11.9. The molecule has 0 N–H and O–H groups in total. The van der Waals surface area contributed by atoms with Crippen molar-refractivity contribution in [3.63, 3.8) is 0 Å². The van der Waals surface area contributed by atoms with E-state index >= 15 is 0 Å². The van der Waals surface area contributed by atoms with Crippen LogP contribution in [0.25, 0.3) is 0 Å². The van der Waals surface area contributed by atoms with Gasteiger partial charge in [-0.2, -0.15) is 0 Å². The van der Waals surface area contributed by atoms with Crippen molar-refractivity contribution in [2.24, 2.45) is 11.3 Å². The van der Waals surface area contributed by atoms with Crippen molar-refractivity contribution in [1.29, 1.82) is 0 Å². The van der Waals surface area contributed by atoms with Crippen LogP contribution in [0.2, 0.25) is 0 Å². The zero-order chi connectivity index (χ0) is 16.0. The summed E-state index contributed by atoms with van der Waals surface area (Å²) < 4.78 is 0. The second-order valence-corrected chi connectivity index (χ2v) is 8.39. The van der Waals surface area contributed by atoms with Gasteiger partial charge in [-0.05, 0) is 17.8 Å². The Kier molecular flexibility index (Phi) is 13.6. The van der Waals surface area contributed by atoms with E-state index in [1.165, 1.54) is 89.9 Å². The number of hydrogen-bond donors (Lipinski definition) is 0. The van der Waals surface area contributed by atoms with Gasteiger partial charge in [-0.25, -0.2) is 0 Å². The summed E-state index contributed by atoms with van der Waals surface area (Å²) in [5.41, 5.74) is 0.510. The number of hydrogen-bond acceptors (Lipinski definition) is 0. The van der Waals surface area contributed by atoms with E-state index in [0.29, 0.717) is 5.41 Å². The van der Waals surface area contributed by atoms with Gasteiger partial charge in [0.2, 0.25) is 0 Å². The Hall–Kier alpha value is 0. The predicted molar refractivity (Wildman–Crippen MR) is 98.9 cm³/mol. The molecule has 0 spiro atoms. The highest BCUT2D eigenvalue weighted by atomic mass is 14.2. The summed E-state index contributed by atoms with van der Waals surface area (Å²) in [6.07, 6.45) is 20.2. The molecular weight excluding hydrogens is 252 g/mol. The molecule has 0 bridgehead atoms. The van der Waals surface area contributed by atoms with E-state index in [2.05, 4.69) is 34.6 Å². The van der Waals surface area contributed by atoms with Gasteiger partial charge >= 0.3 is 0 Å². The van der Waals surface area contributed by atoms with Gasteiger partial charge < -0.3 is 0 Å². The largest absolute Gasteiger partial charge is 0.0654 e. The number of unbranched alkanes of at least 4 members (excludes halogenated alkanes) is 9. The van der Waals surface area contributed by atoms with Crippen molar-refractivity contribution in [2.75, 3.05) is 0 Å². The van der Waals surface area contributed by atoms with Crippen LogP contribution in [0.1, 0.15) is 125 Å². The molecule has 1 atom stereocenters. The molecule has 128 valence electrons. The Balaban J connectivity index is 3.77. The van der Waals surface area contributed by atoms with Crippen LogP contribution in [-0.4, -0.2) is 0 Å². The van der Waals surface area contributed by atoms with Crippen LogP contribution in [0.4, 0.5) is 0 Å². The lowest BCUT2D eigenvalue weighted by Crippen LogP contribution is -2.13. The highest BCUT2D eigenvalue weighted by Gasteiger charge is 2.18. The minimum absolute atomic E-state index is 0.510. The van der Waals surface area contributed by atoms with Crippen LogP contribution < -0.4 is 0 Å². The highest BCUT2D eigenvalue weighted by Crippen LogP contribution is 2.31. The smallest absolute Gasteiger partial charge is 0.0380 e. The summed E-state index contributed by atoms with van der Waals surface area (Å²) in [6, 6.07) is 0. The lowest BCUT2D eigenvalue weighted by molar-refractivity contribution is 0.260. The molecule has 0 aromatic rings.